The van der Waals surface area contributed by atoms with Gasteiger partial charge in [0, 0.05) is 24.7 Å². The second kappa shape index (κ2) is 9.36. The highest BCUT2D eigenvalue weighted by Gasteiger charge is 2.23. The number of benzene rings is 1. The van der Waals surface area contributed by atoms with Crippen molar-refractivity contribution in [3.05, 3.63) is 46.7 Å². The van der Waals surface area contributed by atoms with Crippen LogP contribution in [0, 0.1) is 6.92 Å². The van der Waals surface area contributed by atoms with Crippen LogP contribution in [0.2, 0.25) is 0 Å². The van der Waals surface area contributed by atoms with Gasteiger partial charge in [-0.1, -0.05) is 6.92 Å². The van der Waals surface area contributed by atoms with Crippen LogP contribution in [0.5, 0.6) is 0 Å². The number of carbonyl (C=O) groups excluding carboxylic acids is 2. The fourth-order valence-corrected chi connectivity index (χ4v) is 3.86. The maximum atomic E-state index is 12.2. The number of hydrogen-bond acceptors (Lipinski definition) is 6. The Hall–Kier alpha value is -2.78. The quantitative estimate of drug-likeness (QED) is 0.448. The Morgan fingerprint density at radius 2 is 1.90 bits per heavy atom. The van der Waals surface area contributed by atoms with Crippen LogP contribution in [0.4, 0.5) is 11.4 Å². The first-order valence-corrected chi connectivity index (χ1v) is 11.1. The maximum Gasteiger partial charge on any atom is 0.269 e. The molecule has 1 atom stereocenters. The van der Waals surface area contributed by atoms with Gasteiger partial charge in [0.05, 0.1) is 17.1 Å². The number of nitrogens with zero attached hydrogens (tertiary/aromatic N) is 1. The molecule has 1 amide bonds. The second-order valence-electron chi connectivity index (χ2n) is 7.26. The number of anilines is 1. The molecule has 0 aliphatic heterocycles. The Balaban J connectivity index is 2.31. The molecule has 0 bridgehead atoms. The number of ketones is 1. The van der Waals surface area contributed by atoms with Crippen molar-refractivity contribution in [2.75, 3.05) is 11.9 Å². The van der Waals surface area contributed by atoms with Gasteiger partial charge < -0.3 is 10.6 Å². The van der Waals surface area contributed by atoms with E-state index < -0.39 is 15.4 Å². The highest BCUT2D eigenvalue weighted by atomic mass is 32.2. The average molecular weight is 434 g/mol. The van der Waals surface area contributed by atoms with Gasteiger partial charge >= 0.3 is 0 Å². The number of carbonyl (C=O) groups is 2. The predicted octanol–water partition coefficient (Wildman–Crippen LogP) is 3.08. The van der Waals surface area contributed by atoms with Crippen molar-refractivity contribution in [3.8, 4) is 0 Å². The van der Waals surface area contributed by atoms with Crippen LogP contribution < -0.4 is 10.6 Å². The lowest BCUT2D eigenvalue weighted by Crippen LogP contribution is -2.30. The van der Waals surface area contributed by atoms with Gasteiger partial charge in [-0.3, -0.25) is 14.1 Å². The monoisotopic (exact) mass is 433 g/mol. The van der Waals surface area contributed by atoms with E-state index in [1.807, 2.05) is 13.0 Å². The predicted molar refractivity (Wildman–Crippen MR) is 118 cm³/mol. The van der Waals surface area contributed by atoms with Crippen LogP contribution in [-0.4, -0.2) is 42.2 Å². The van der Waals surface area contributed by atoms with Crippen molar-refractivity contribution in [1.82, 2.24) is 5.32 Å². The van der Waals surface area contributed by atoms with E-state index in [4.69, 9.17) is 0 Å². The number of hydrogen-bond donors (Lipinski definition) is 3. The standard InChI is InChI=1S/C21H27N3O5S/c1-6-17(30(27,28)29)11-22-16-7-8-18(12(2)9-16)24-20-13(3)10-19(26)21(14(20)4)23-15(5)25/h7-10,17,22H,6,11H2,1-5H3,(H,23,25)(H,27,28,29). The lowest BCUT2D eigenvalue weighted by Gasteiger charge is -2.19. The molecule has 8 nitrogen and oxygen atoms in total. The molecule has 1 aromatic rings. The summed E-state index contributed by atoms with van der Waals surface area (Å²) < 4.78 is 31.9. The first kappa shape index (κ1) is 23.5. The first-order chi connectivity index (χ1) is 13.9. The molecule has 0 saturated heterocycles. The van der Waals surface area contributed by atoms with E-state index in [2.05, 4.69) is 15.6 Å². The van der Waals surface area contributed by atoms with Crippen LogP contribution >= 0.6 is 0 Å². The minimum absolute atomic E-state index is 0.0918. The molecule has 0 spiro atoms. The molecule has 0 aromatic heterocycles. The van der Waals surface area contributed by atoms with E-state index in [1.165, 1.54) is 13.0 Å². The van der Waals surface area contributed by atoms with Crippen molar-refractivity contribution < 1.29 is 22.6 Å². The largest absolute Gasteiger partial charge is 0.384 e. The fraction of sp³-hybridized carbons (Fsp3) is 0.381. The van der Waals surface area contributed by atoms with Gasteiger partial charge in [-0.25, -0.2) is 4.99 Å². The molecule has 1 aliphatic carbocycles. The van der Waals surface area contributed by atoms with Gasteiger partial charge in [0.25, 0.3) is 10.1 Å². The zero-order chi connectivity index (χ0) is 22.6. The van der Waals surface area contributed by atoms with Crippen molar-refractivity contribution in [3.63, 3.8) is 0 Å². The molecule has 0 saturated carbocycles. The van der Waals surface area contributed by atoms with Gasteiger partial charge in [0.15, 0.2) is 0 Å². The Labute approximate surface area is 176 Å². The van der Waals surface area contributed by atoms with Gasteiger partial charge in [-0.15, -0.1) is 0 Å². The molecule has 3 N–H and O–H groups in total. The number of allylic oxidation sites excluding steroid dienone is 3. The average Bonchev–Trinajstić information content (AvgIpc) is 2.62. The highest BCUT2D eigenvalue weighted by Crippen LogP contribution is 2.27. The minimum atomic E-state index is -4.11. The lowest BCUT2D eigenvalue weighted by atomic mass is 9.94. The van der Waals surface area contributed by atoms with E-state index in [0.717, 1.165) is 5.56 Å². The second-order valence-corrected chi connectivity index (χ2v) is 8.96. The molecular formula is C21H27N3O5S. The molecule has 162 valence electrons. The summed E-state index contributed by atoms with van der Waals surface area (Å²) in [5.41, 5.74) is 4.35. The number of aliphatic imine (C=N–C) groups is 1. The Kier molecular flexibility index (Phi) is 7.33. The Morgan fingerprint density at radius 1 is 1.23 bits per heavy atom. The third-order valence-corrected chi connectivity index (χ3v) is 6.18. The summed E-state index contributed by atoms with van der Waals surface area (Å²) >= 11 is 0. The number of aryl methyl sites for hydroxylation is 1. The molecule has 0 fully saturated rings. The summed E-state index contributed by atoms with van der Waals surface area (Å²) in [4.78, 5) is 28.3. The summed E-state index contributed by atoms with van der Waals surface area (Å²) in [5.74, 6) is -0.591. The number of nitrogens with one attached hydrogen (secondary N) is 2. The molecule has 1 unspecified atom stereocenters. The van der Waals surface area contributed by atoms with E-state index in [1.54, 1.807) is 32.9 Å². The fourth-order valence-electron chi connectivity index (χ4n) is 3.14. The lowest BCUT2D eigenvalue weighted by molar-refractivity contribution is -0.120. The third kappa shape index (κ3) is 5.64. The molecule has 9 heteroatoms. The first-order valence-electron chi connectivity index (χ1n) is 9.55. The number of amides is 1. The summed E-state index contributed by atoms with van der Waals surface area (Å²) in [6, 6.07) is 5.38. The van der Waals surface area contributed by atoms with Crippen molar-refractivity contribution in [2.45, 2.75) is 46.3 Å². The molecule has 0 heterocycles. The van der Waals surface area contributed by atoms with Crippen LogP contribution in [-0.2, 0) is 19.7 Å². The maximum absolute atomic E-state index is 12.2. The van der Waals surface area contributed by atoms with E-state index in [9.17, 15) is 22.6 Å². The Bertz CT molecular complexity index is 1070. The van der Waals surface area contributed by atoms with Crippen LogP contribution in [0.3, 0.4) is 0 Å². The zero-order valence-corrected chi connectivity index (χ0v) is 18.6. The van der Waals surface area contributed by atoms with Crippen LogP contribution in [0.25, 0.3) is 0 Å². The summed E-state index contributed by atoms with van der Waals surface area (Å²) in [5, 5.41) is 4.71. The molecule has 1 aromatic carbocycles. The van der Waals surface area contributed by atoms with E-state index >= 15 is 0 Å². The summed E-state index contributed by atoms with van der Waals surface area (Å²) in [6.45, 7) is 8.52. The Morgan fingerprint density at radius 3 is 2.43 bits per heavy atom. The molecule has 1 aliphatic rings. The highest BCUT2D eigenvalue weighted by molar-refractivity contribution is 7.86. The van der Waals surface area contributed by atoms with Crippen molar-refractivity contribution in [1.29, 1.82) is 0 Å². The van der Waals surface area contributed by atoms with Gasteiger partial charge in [0.2, 0.25) is 11.7 Å². The molecular weight excluding hydrogens is 406 g/mol. The smallest absolute Gasteiger partial charge is 0.269 e. The van der Waals surface area contributed by atoms with E-state index in [-0.39, 0.29) is 23.9 Å². The molecule has 30 heavy (non-hydrogen) atoms. The zero-order valence-electron chi connectivity index (χ0n) is 17.7. The molecule has 0 radical (unpaired) electrons. The topological polar surface area (TPSA) is 125 Å². The van der Waals surface area contributed by atoms with Crippen LogP contribution in [0.1, 0.15) is 39.7 Å². The van der Waals surface area contributed by atoms with Gasteiger partial charge in [-0.2, -0.15) is 8.42 Å². The van der Waals surface area contributed by atoms with E-state index in [0.29, 0.717) is 34.7 Å². The van der Waals surface area contributed by atoms with Crippen molar-refractivity contribution >= 4 is 38.9 Å². The third-order valence-electron chi connectivity index (χ3n) is 4.84. The molecule has 2 rings (SSSR count). The minimum Gasteiger partial charge on any atom is -0.384 e. The van der Waals surface area contributed by atoms with Gasteiger partial charge in [-0.05, 0) is 62.6 Å². The summed E-state index contributed by atoms with van der Waals surface area (Å²) in [6.07, 6.45) is 1.74. The number of rotatable bonds is 7. The van der Waals surface area contributed by atoms with Crippen molar-refractivity contribution in [2.24, 2.45) is 4.99 Å². The van der Waals surface area contributed by atoms with Gasteiger partial charge in [0.1, 0.15) is 5.25 Å². The van der Waals surface area contributed by atoms with Crippen LogP contribution in [0.15, 0.2) is 46.1 Å². The SMILES string of the molecule is CCC(CNc1ccc(N=C2C(C)=CC(=O)C(NC(C)=O)=C2C)c(C)c1)S(=O)(=O)O. The summed E-state index contributed by atoms with van der Waals surface area (Å²) in [7, 11) is -4.11. The normalized spacial score (nSPS) is 17.1.